The van der Waals surface area contributed by atoms with Crippen LogP contribution >= 0.6 is 11.3 Å². The number of hydrogen-bond acceptors (Lipinski definition) is 4. The number of halogens is 1. The Balaban J connectivity index is 2.05. The Morgan fingerprint density at radius 1 is 1.40 bits per heavy atom. The molecule has 0 saturated heterocycles. The lowest BCUT2D eigenvalue weighted by Crippen LogP contribution is -2.27. The van der Waals surface area contributed by atoms with E-state index in [-0.39, 0.29) is 11.7 Å². The molecule has 0 spiro atoms. The molecule has 1 aromatic heterocycles. The number of thiophene rings is 1. The second kappa shape index (κ2) is 6.67. The predicted molar refractivity (Wildman–Crippen MR) is 81.7 cm³/mol. The summed E-state index contributed by atoms with van der Waals surface area (Å²) < 4.78 is 14.0. The molecule has 0 aliphatic carbocycles. The van der Waals surface area contributed by atoms with E-state index in [2.05, 4.69) is 10.6 Å². The van der Waals surface area contributed by atoms with Crippen LogP contribution in [-0.2, 0) is 0 Å². The highest BCUT2D eigenvalue weighted by Crippen LogP contribution is 2.33. The Labute approximate surface area is 121 Å². The van der Waals surface area contributed by atoms with Crippen LogP contribution in [0.3, 0.4) is 0 Å². The van der Waals surface area contributed by atoms with E-state index in [0.29, 0.717) is 22.5 Å². The summed E-state index contributed by atoms with van der Waals surface area (Å²) in [5.41, 5.74) is 6.29. The molecule has 0 fully saturated rings. The molecule has 0 radical (unpaired) electrons. The van der Waals surface area contributed by atoms with Crippen molar-refractivity contribution in [1.29, 1.82) is 0 Å². The lowest BCUT2D eigenvalue weighted by atomic mass is 10.2. The van der Waals surface area contributed by atoms with Crippen LogP contribution < -0.4 is 16.4 Å². The van der Waals surface area contributed by atoms with Gasteiger partial charge in [0, 0.05) is 16.6 Å². The number of nitrogens with one attached hydrogen (secondary N) is 2. The molecule has 0 unspecified atom stereocenters. The van der Waals surface area contributed by atoms with Gasteiger partial charge in [0.2, 0.25) is 0 Å². The molecule has 1 heterocycles. The fourth-order valence-corrected chi connectivity index (χ4v) is 2.95. The van der Waals surface area contributed by atoms with Crippen LogP contribution in [0.1, 0.15) is 23.0 Å². The molecule has 6 heteroatoms. The molecule has 0 bridgehead atoms. The summed E-state index contributed by atoms with van der Waals surface area (Å²) in [4.78, 5) is 12.5. The predicted octanol–water partition coefficient (Wildman–Crippen LogP) is 2.35. The quantitative estimate of drug-likeness (QED) is 0.717. The minimum atomic E-state index is -0.348. The van der Waals surface area contributed by atoms with Crippen LogP contribution in [0.2, 0.25) is 0 Å². The fraction of sp³-hybridized carbons (Fsp3) is 0.357. The topological polar surface area (TPSA) is 67.1 Å². The van der Waals surface area contributed by atoms with E-state index in [0.717, 1.165) is 24.2 Å². The van der Waals surface area contributed by atoms with E-state index in [9.17, 15) is 9.18 Å². The second-order valence-electron chi connectivity index (χ2n) is 4.45. The SMILES string of the molecule is CCNCCCNC(=O)c1sc2ccc(F)cc2c1N. The first kappa shape index (κ1) is 14.7. The van der Waals surface area contributed by atoms with Gasteiger partial charge < -0.3 is 16.4 Å². The van der Waals surface area contributed by atoms with Gasteiger partial charge in [-0.2, -0.15) is 0 Å². The number of nitrogen functional groups attached to an aromatic ring is 1. The lowest BCUT2D eigenvalue weighted by Gasteiger charge is -2.04. The van der Waals surface area contributed by atoms with E-state index >= 15 is 0 Å². The molecule has 1 aromatic carbocycles. The number of hydrogen-bond donors (Lipinski definition) is 3. The minimum absolute atomic E-state index is 0.194. The number of carbonyl (C=O) groups excluding carboxylic acids is 1. The van der Waals surface area contributed by atoms with Gasteiger partial charge in [0.15, 0.2) is 0 Å². The lowest BCUT2D eigenvalue weighted by molar-refractivity contribution is 0.0958. The van der Waals surface area contributed by atoms with Crippen LogP contribution in [0, 0.1) is 5.82 Å². The summed E-state index contributed by atoms with van der Waals surface area (Å²) in [5, 5.41) is 6.62. The summed E-state index contributed by atoms with van der Waals surface area (Å²) in [6, 6.07) is 4.38. The Morgan fingerprint density at radius 3 is 2.95 bits per heavy atom. The second-order valence-corrected chi connectivity index (χ2v) is 5.50. The third-order valence-corrected chi connectivity index (χ3v) is 4.15. The summed E-state index contributed by atoms with van der Waals surface area (Å²) in [6.07, 6.45) is 0.860. The van der Waals surface area contributed by atoms with Gasteiger partial charge in [0.05, 0.1) is 5.69 Å². The number of nitrogens with two attached hydrogens (primary N) is 1. The molecule has 0 saturated carbocycles. The molecule has 0 aliphatic heterocycles. The van der Waals surface area contributed by atoms with Crippen molar-refractivity contribution in [3.63, 3.8) is 0 Å². The third kappa shape index (κ3) is 3.26. The first-order valence-corrected chi connectivity index (χ1v) is 7.41. The highest BCUT2D eigenvalue weighted by molar-refractivity contribution is 7.21. The van der Waals surface area contributed by atoms with Crippen LogP contribution in [0.5, 0.6) is 0 Å². The first-order chi connectivity index (χ1) is 9.63. The molecule has 1 amide bonds. The molecule has 2 rings (SSSR count). The van der Waals surface area contributed by atoms with Crippen LogP contribution in [0.15, 0.2) is 18.2 Å². The standard InChI is InChI=1S/C14H18FN3OS/c1-2-17-6-3-7-18-14(19)13-12(16)10-8-9(15)4-5-11(10)20-13/h4-5,8,17H,2-3,6-7,16H2,1H3,(H,18,19). The first-order valence-electron chi connectivity index (χ1n) is 6.60. The minimum Gasteiger partial charge on any atom is -0.397 e. The van der Waals surface area contributed by atoms with E-state index in [1.165, 1.54) is 23.5 Å². The maximum Gasteiger partial charge on any atom is 0.263 e. The van der Waals surface area contributed by atoms with Gasteiger partial charge in [0.1, 0.15) is 10.7 Å². The zero-order chi connectivity index (χ0) is 14.5. The van der Waals surface area contributed by atoms with Gasteiger partial charge in [-0.05, 0) is 37.7 Å². The number of anilines is 1. The summed E-state index contributed by atoms with van der Waals surface area (Å²) in [6.45, 7) is 4.41. The molecular formula is C14H18FN3OS. The van der Waals surface area contributed by atoms with Gasteiger partial charge in [-0.1, -0.05) is 6.92 Å². The number of carbonyl (C=O) groups is 1. The van der Waals surface area contributed by atoms with E-state index in [1.807, 2.05) is 6.92 Å². The molecule has 4 N–H and O–H groups in total. The normalized spacial score (nSPS) is 10.9. The van der Waals surface area contributed by atoms with Crippen LogP contribution in [0.4, 0.5) is 10.1 Å². The summed E-state index contributed by atoms with van der Waals surface area (Å²) >= 11 is 1.29. The molecular weight excluding hydrogens is 277 g/mol. The Morgan fingerprint density at radius 2 is 2.20 bits per heavy atom. The highest BCUT2D eigenvalue weighted by Gasteiger charge is 2.16. The largest absolute Gasteiger partial charge is 0.397 e. The van der Waals surface area contributed by atoms with Gasteiger partial charge in [-0.15, -0.1) is 11.3 Å². The van der Waals surface area contributed by atoms with Crippen LogP contribution in [-0.4, -0.2) is 25.5 Å². The molecule has 4 nitrogen and oxygen atoms in total. The molecule has 0 atom stereocenters. The van der Waals surface area contributed by atoms with Crippen molar-refractivity contribution in [3.8, 4) is 0 Å². The van der Waals surface area contributed by atoms with E-state index in [4.69, 9.17) is 5.73 Å². The van der Waals surface area contributed by atoms with Crippen molar-refractivity contribution >= 4 is 33.0 Å². The zero-order valence-electron chi connectivity index (χ0n) is 11.3. The van der Waals surface area contributed by atoms with Gasteiger partial charge in [0.25, 0.3) is 5.91 Å². The number of rotatable bonds is 6. The summed E-state index contributed by atoms with van der Waals surface area (Å²) in [7, 11) is 0. The Kier molecular flexibility index (Phi) is 4.92. The van der Waals surface area contributed by atoms with Crippen LogP contribution in [0.25, 0.3) is 10.1 Å². The molecule has 108 valence electrons. The van der Waals surface area contributed by atoms with Gasteiger partial charge in [-0.3, -0.25) is 4.79 Å². The summed E-state index contributed by atoms with van der Waals surface area (Å²) in [5.74, 6) is -0.541. The van der Waals surface area contributed by atoms with Crippen molar-refractivity contribution in [2.24, 2.45) is 0 Å². The Hall–Kier alpha value is -1.66. The van der Waals surface area contributed by atoms with Gasteiger partial charge in [-0.25, -0.2) is 4.39 Å². The number of fused-ring (bicyclic) bond motifs is 1. The van der Waals surface area contributed by atoms with Crippen molar-refractivity contribution in [3.05, 3.63) is 28.9 Å². The molecule has 20 heavy (non-hydrogen) atoms. The maximum absolute atomic E-state index is 13.2. The number of amides is 1. The average molecular weight is 295 g/mol. The number of benzene rings is 1. The van der Waals surface area contributed by atoms with E-state index in [1.54, 1.807) is 6.07 Å². The van der Waals surface area contributed by atoms with Crippen molar-refractivity contribution in [1.82, 2.24) is 10.6 Å². The molecule has 0 aliphatic rings. The van der Waals surface area contributed by atoms with Gasteiger partial charge >= 0.3 is 0 Å². The van der Waals surface area contributed by atoms with Crippen molar-refractivity contribution < 1.29 is 9.18 Å². The average Bonchev–Trinajstić information content (AvgIpc) is 2.76. The highest BCUT2D eigenvalue weighted by atomic mass is 32.1. The van der Waals surface area contributed by atoms with E-state index < -0.39 is 0 Å². The van der Waals surface area contributed by atoms with Crippen molar-refractivity contribution in [2.45, 2.75) is 13.3 Å². The Bertz CT molecular complexity index is 612. The smallest absolute Gasteiger partial charge is 0.263 e. The maximum atomic E-state index is 13.2. The molecule has 2 aromatic rings. The third-order valence-electron chi connectivity index (χ3n) is 2.96. The zero-order valence-corrected chi connectivity index (χ0v) is 12.1. The fourth-order valence-electron chi connectivity index (χ4n) is 1.93. The monoisotopic (exact) mass is 295 g/mol. The van der Waals surface area contributed by atoms with Crippen molar-refractivity contribution in [2.75, 3.05) is 25.4 Å².